The maximum absolute atomic E-state index is 13.1. The van der Waals surface area contributed by atoms with E-state index in [0.29, 0.717) is 22.6 Å². The minimum Gasteiger partial charge on any atom is -0.423 e. The summed E-state index contributed by atoms with van der Waals surface area (Å²) in [6, 6.07) is 8.17. The number of pyridine rings is 1. The second-order valence-corrected chi connectivity index (χ2v) is 7.23. The molecule has 0 aliphatic carbocycles. The molecule has 0 radical (unpaired) electrons. The number of alkyl halides is 3. The van der Waals surface area contributed by atoms with Gasteiger partial charge in [0.25, 0.3) is 6.01 Å². The van der Waals surface area contributed by atoms with Crippen molar-refractivity contribution in [2.75, 3.05) is 5.32 Å². The van der Waals surface area contributed by atoms with Crippen LogP contribution in [0.3, 0.4) is 0 Å². The number of rotatable bonds is 4. The Kier molecular flexibility index (Phi) is 5.58. The van der Waals surface area contributed by atoms with Gasteiger partial charge in [-0.15, -0.1) is 0 Å². The molecular formula is C21H11ClF3N7O. The molecule has 4 rings (SSSR count). The number of halogens is 4. The van der Waals surface area contributed by atoms with Crippen LogP contribution in [0.5, 0.6) is 0 Å². The lowest BCUT2D eigenvalue weighted by Gasteiger charge is -2.15. The maximum atomic E-state index is 13.1. The Balaban J connectivity index is 1.71. The first-order valence-electron chi connectivity index (χ1n) is 9.27. The lowest BCUT2D eigenvalue weighted by atomic mass is 10.1. The average Bonchev–Trinajstić information content (AvgIpc) is 3.18. The quantitative estimate of drug-likeness (QED) is 0.428. The Morgan fingerprint density at radius 1 is 1.09 bits per heavy atom. The van der Waals surface area contributed by atoms with E-state index in [4.69, 9.17) is 21.3 Å². The Hall–Kier alpha value is -4.22. The number of nitriles is 2. The van der Waals surface area contributed by atoms with Crippen LogP contribution in [-0.4, -0.2) is 19.9 Å². The number of nitrogens with one attached hydrogen (secondary N) is 1. The Labute approximate surface area is 189 Å². The second-order valence-electron chi connectivity index (χ2n) is 6.83. The topological polar surface area (TPSA) is 124 Å². The monoisotopic (exact) mass is 469 g/mol. The highest BCUT2D eigenvalue weighted by atomic mass is 35.5. The zero-order valence-corrected chi connectivity index (χ0v) is 17.4. The molecule has 0 amide bonds. The predicted molar refractivity (Wildman–Crippen MR) is 111 cm³/mol. The van der Waals surface area contributed by atoms with E-state index in [-0.39, 0.29) is 22.8 Å². The summed E-state index contributed by atoms with van der Waals surface area (Å²) in [5.41, 5.74) is 0.493. The van der Waals surface area contributed by atoms with Crippen molar-refractivity contribution < 1.29 is 17.6 Å². The molecule has 164 valence electrons. The molecule has 3 heterocycles. The van der Waals surface area contributed by atoms with E-state index in [9.17, 15) is 18.4 Å². The van der Waals surface area contributed by atoms with Gasteiger partial charge in [0.15, 0.2) is 11.3 Å². The summed E-state index contributed by atoms with van der Waals surface area (Å²) in [4.78, 5) is 16.8. The van der Waals surface area contributed by atoms with Crippen LogP contribution in [0.1, 0.15) is 35.5 Å². The molecule has 1 aromatic carbocycles. The fourth-order valence-electron chi connectivity index (χ4n) is 3.04. The highest BCUT2D eigenvalue weighted by molar-refractivity contribution is 6.32. The van der Waals surface area contributed by atoms with Crippen molar-refractivity contribution in [1.82, 2.24) is 19.9 Å². The summed E-state index contributed by atoms with van der Waals surface area (Å²) >= 11 is 5.74. The van der Waals surface area contributed by atoms with Crippen molar-refractivity contribution in [3.8, 4) is 23.5 Å². The molecule has 0 fully saturated rings. The van der Waals surface area contributed by atoms with Crippen LogP contribution in [0.4, 0.5) is 19.2 Å². The van der Waals surface area contributed by atoms with Gasteiger partial charge < -0.3 is 9.73 Å². The molecule has 0 saturated heterocycles. The first-order valence-corrected chi connectivity index (χ1v) is 9.64. The number of aromatic nitrogens is 4. The third kappa shape index (κ3) is 4.40. The Morgan fingerprint density at radius 2 is 1.88 bits per heavy atom. The predicted octanol–water partition coefficient (Wildman–Crippen LogP) is 5.27. The number of fused-ring (bicyclic) bond motifs is 1. The van der Waals surface area contributed by atoms with Crippen LogP contribution in [0.15, 0.2) is 41.1 Å². The maximum Gasteiger partial charge on any atom is 0.417 e. The van der Waals surface area contributed by atoms with Crippen LogP contribution in [-0.2, 0) is 6.18 Å². The lowest BCUT2D eigenvalue weighted by molar-refractivity contribution is -0.137. The smallest absolute Gasteiger partial charge is 0.417 e. The van der Waals surface area contributed by atoms with E-state index < -0.39 is 22.8 Å². The summed E-state index contributed by atoms with van der Waals surface area (Å²) in [5.74, 6) is 0. The number of benzene rings is 1. The van der Waals surface area contributed by atoms with Gasteiger partial charge in [0, 0.05) is 12.3 Å². The lowest BCUT2D eigenvalue weighted by Crippen LogP contribution is -2.12. The summed E-state index contributed by atoms with van der Waals surface area (Å²) in [5, 5.41) is 20.6. The number of hydrogen-bond donors (Lipinski definition) is 1. The van der Waals surface area contributed by atoms with Gasteiger partial charge in [0.05, 0.1) is 39.8 Å². The standard InChI is InChI=1S/C21H11ClF3N7O/c1-10(30-20-32-16-4-13(21(23,24)25)14(22)5-17(16)33-20)18-19(29-9-12(7-27)31-18)15-3-2-11(6-26)8-28-15/h2-5,8-10H,1H3,(H,30,32)/t10-/m0/s1. The molecule has 0 aliphatic heterocycles. The van der Waals surface area contributed by atoms with Gasteiger partial charge in [-0.25, -0.2) is 9.97 Å². The van der Waals surface area contributed by atoms with E-state index in [0.717, 1.165) is 12.1 Å². The molecule has 0 aliphatic rings. The molecule has 8 nitrogen and oxygen atoms in total. The van der Waals surface area contributed by atoms with Gasteiger partial charge >= 0.3 is 6.18 Å². The number of nitrogens with zero attached hydrogens (tertiary/aromatic N) is 6. The highest BCUT2D eigenvalue weighted by Gasteiger charge is 2.34. The van der Waals surface area contributed by atoms with Crippen LogP contribution >= 0.6 is 11.6 Å². The van der Waals surface area contributed by atoms with Crippen molar-refractivity contribution in [3.05, 3.63) is 64.2 Å². The van der Waals surface area contributed by atoms with Gasteiger partial charge in [-0.3, -0.25) is 4.98 Å². The molecule has 1 N–H and O–H groups in total. The molecule has 0 spiro atoms. The van der Waals surface area contributed by atoms with Gasteiger partial charge in [-0.2, -0.15) is 28.7 Å². The van der Waals surface area contributed by atoms with Crippen LogP contribution < -0.4 is 5.32 Å². The zero-order chi connectivity index (χ0) is 23.8. The van der Waals surface area contributed by atoms with Gasteiger partial charge in [0.1, 0.15) is 23.3 Å². The Morgan fingerprint density at radius 3 is 2.52 bits per heavy atom. The molecule has 12 heteroatoms. The molecular weight excluding hydrogens is 459 g/mol. The van der Waals surface area contributed by atoms with Crippen LogP contribution in [0, 0.1) is 22.7 Å². The molecule has 0 bridgehead atoms. The van der Waals surface area contributed by atoms with Crippen LogP contribution in [0.25, 0.3) is 22.5 Å². The molecule has 33 heavy (non-hydrogen) atoms. The van der Waals surface area contributed by atoms with Crippen molar-refractivity contribution in [2.24, 2.45) is 0 Å². The van der Waals surface area contributed by atoms with Crippen molar-refractivity contribution in [1.29, 1.82) is 10.5 Å². The summed E-state index contributed by atoms with van der Waals surface area (Å²) in [6.07, 6.45) is -1.98. The number of hydrogen-bond acceptors (Lipinski definition) is 8. The van der Waals surface area contributed by atoms with Crippen molar-refractivity contribution >= 4 is 28.7 Å². The normalized spacial score (nSPS) is 12.2. The van der Waals surface area contributed by atoms with E-state index in [1.165, 1.54) is 12.4 Å². The SMILES string of the molecule is C[C@H](Nc1nc2cc(C(F)(F)F)c(Cl)cc2o1)c1nc(C#N)cnc1-c1ccc(C#N)cn1. The molecule has 0 unspecified atom stereocenters. The zero-order valence-electron chi connectivity index (χ0n) is 16.6. The number of oxazole rings is 1. The van der Waals surface area contributed by atoms with Gasteiger partial charge in [0.2, 0.25) is 0 Å². The van der Waals surface area contributed by atoms with E-state index in [1.807, 2.05) is 12.1 Å². The molecule has 3 aromatic heterocycles. The first kappa shape index (κ1) is 22.0. The third-order valence-corrected chi connectivity index (χ3v) is 4.89. The van der Waals surface area contributed by atoms with Gasteiger partial charge in [-0.1, -0.05) is 11.6 Å². The van der Waals surface area contributed by atoms with Crippen molar-refractivity contribution in [3.63, 3.8) is 0 Å². The van der Waals surface area contributed by atoms with Gasteiger partial charge in [-0.05, 0) is 25.1 Å². The molecule has 0 saturated carbocycles. The third-order valence-electron chi connectivity index (χ3n) is 4.58. The molecule has 1 atom stereocenters. The van der Waals surface area contributed by atoms with Crippen LogP contribution in [0.2, 0.25) is 5.02 Å². The number of anilines is 1. The Bertz CT molecular complexity index is 1440. The summed E-state index contributed by atoms with van der Waals surface area (Å²) < 4.78 is 44.8. The molecule has 4 aromatic rings. The van der Waals surface area contributed by atoms with E-state index in [1.54, 1.807) is 19.1 Å². The van der Waals surface area contributed by atoms with E-state index >= 15 is 0 Å². The minimum atomic E-state index is -4.64. The second kappa shape index (κ2) is 8.37. The van der Waals surface area contributed by atoms with Crippen molar-refractivity contribution in [2.45, 2.75) is 19.1 Å². The van der Waals surface area contributed by atoms with E-state index in [2.05, 4.69) is 25.3 Å². The minimum absolute atomic E-state index is 0.0349. The first-order chi connectivity index (χ1) is 15.7. The fourth-order valence-corrected chi connectivity index (χ4v) is 3.30. The fraction of sp³-hybridized carbons (Fsp3) is 0.143. The largest absolute Gasteiger partial charge is 0.423 e. The highest BCUT2D eigenvalue weighted by Crippen LogP contribution is 2.38. The summed E-state index contributed by atoms with van der Waals surface area (Å²) in [6.45, 7) is 1.68. The average molecular weight is 470 g/mol. The summed E-state index contributed by atoms with van der Waals surface area (Å²) in [7, 11) is 0.